The Morgan fingerprint density at radius 2 is 2.31 bits per heavy atom. The minimum absolute atomic E-state index is 0.0399. The van der Waals surface area contributed by atoms with E-state index in [-0.39, 0.29) is 5.84 Å². The van der Waals surface area contributed by atoms with Crippen molar-refractivity contribution in [2.75, 3.05) is 0 Å². The SMILES string of the molecule is Cc1noc(-c2cccc(/C(N)=N/O)c2)n1. The highest BCUT2D eigenvalue weighted by atomic mass is 16.5. The Labute approximate surface area is 91.4 Å². The van der Waals surface area contributed by atoms with Gasteiger partial charge < -0.3 is 15.5 Å². The summed E-state index contributed by atoms with van der Waals surface area (Å²) in [5.41, 5.74) is 6.80. The number of rotatable bonds is 2. The van der Waals surface area contributed by atoms with Crippen LogP contribution in [0.25, 0.3) is 11.5 Å². The normalized spacial score (nSPS) is 11.7. The van der Waals surface area contributed by atoms with Gasteiger partial charge in [0.15, 0.2) is 11.7 Å². The summed E-state index contributed by atoms with van der Waals surface area (Å²) in [4.78, 5) is 4.09. The van der Waals surface area contributed by atoms with Gasteiger partial charge in [0.05, 0.1) is 0 Å². The summed E-state index contributed by atoms with van der Waals surface area (Å²) < 4.78 is 5.01. The minimum atomic E-state index is 0.0399. The lowest BCUT2D eigenvalue weighted by molar-refractivity contribution is 0.318. The average molecular weight is 218 g/mol. The van der Waals surface area contributed by atoms with Gasteiger partial charge in [-0.05, 0) is 19.1 Å². The standard InChI is InChI=1S/C10H10N4O2/c1-6-12-10(16-14-6)8-4-2-3-7(5-8)9(11)13-15/h2-5,15H,1H3,(H2,11,13). The Kier molecular flexibility index (Phi) is 2.55. The van der Waals surface area contributed by atoms with Crippen molar-refractivity contribution < 1.29 is 9.73 Å². The van der Waals surface area contributed by atoms with Crippen molar-refractivity contribution in [3.05, 3.63) is 35.7 Å². The molecule has 6 nitrogen and oxygen atoms in total. The number of aryl methyl sites for hydroxylation is 1. The zero-order valence-corrected chi connectivity index (χ0v) is 8.58. The number of hydrogen-bond acceptors (Lipinski definition) is 5. The van der Waals surface area contributed by atoms with Crippen LogP contribution < -0.4 is 5.73 Å². The second-order valence-electron chi connectivity index (χ2n) is 3.21. The summed E-state index contributed by atoms with van der Waals surface area (Å²) in [5.74, 6) is 1.01. The second kappa shape index (κ2) is 4.01. The van der Waals surface area contributed by atoms with E-state index in [4.69, 9.17) is 15.5 Å². The van der Waals surface area contributed by atoms with Gasteiger partial charge >= 0.3 is 0 Å². The van der Waals surface area contributed by atoms with Gasteiger partial charge in [0.25, 0.3) is 5.89 Å². The number of nitrogens with two attached hydrogens (primary N) is 1. The van der Waals surface area contributed by atoms with Gasteiger partial charge in [-0.15, -0.1) is 0 Å². The fourth-order valence-corrected chi connectivity index (χ4v) is 1.28. The third-order valence-electron chi connectivity index (χ3n) is 2.04. The molecule has 0 aliphatic heterocycles. The average Bonchev–Trinajstić information content (AvgIpc) is 2.75. The Morgan fingerprint density at radius 3 is 2.94 bits per heavy atom. The van der Waals surface area contributed by atoms with Gasteiger partial charge in [-0.2, -0.15) is 4.98 Å². The first-order valence-electron chi connectivity index (χ1n) is 4.59. The maximum absolute atomic E-state index is 8.57. The Bertz CT molecular complexity index is 533. The van der Waals surface area contributed by atoms with Crippen LogP contribution in [0.4, 0.5) is 0 Å². The largest absolute Gasteiger partial charge is 0.409 e. The molecule has 0 radical (unpaired) electrons. The third kappa shape index (κ3) is 1.85. The van der Waals surface area contributed by atoms with E-state index < -0.39 is 0 Å². The molecule has 2 aromatic rings. The quantitative estimate of drug-likeness (QED) is 0.341. The molecule has 0 atom stereocenters. The van der Waals surface area contributed by atoms with Gasteiger partial charge in [-0.3, -0.25) is 0 Å². The molecule has 6 heteroatoms. The molecular formula is C10H10N4O2. The monoisotopic (exact) mass is 218 g/mol. The molecule has 1 aromatic carbocycles. The number of amidine groups is 1. The first-order valence-corrected chi connectivity index (χ1v) is 4.59. The minimum Gasteiger partial charge on any atom is -0.409 e. The van der Waals surface area contributed by atoms with Gasteiger partial charge in [0.1, 0.15) is 0 Å². The molecule has 1 heterocycles. The van der Waals surface area contributed by atoms with Crippen molar-refractivity contribution in [3.8, 4) is 11.5 Å². The predicted molar refractivity (Wildman–Crippen MR) is 57.0 cm³/mol. The molecule has 0 spiro atoms. The highest BCUT2D eigenvalue weighted by Gasteiger charge is 2.08. The predicted octanol–water partition coefficient (Wildman–Crippen LogP) is 1.14. The van der Waals surface area contributed by atoms with Crippen LogP contribution in [0, 0.1) is 6.92 Å². The van der Waals surface area contributed by atoms with E-state index in [1.165, 1.54) is 0 Å². The zero-order valence-electron chi connectivity index (χ0n) is 8.58. The van der Waals surface area contributed by atoms with E-state index in [0.29, 0.717) is 17.3 Å². The molecule has 0 unspecified atom stereocenters. The lowest BCUT2D eigenvalue weighted by atomic mass is 10.1. The summed E-state index contributed by atoms with van der Waals surface area (Å²) >= 11 is 0. The van der Waals surface area contributed by atoms with E-state index in [2.05, 4.69) is 15.3 Å². The number of hydrogen-bond donors (Lipinski definition) is 2. The van der Waals surface area contributed by atoms with Crippen molar-refractivity contribution in [3.63, 3.8) is 0 Å². The molecule has 0 saturated heterocycles. The Morgan fingerprint density at radius 1 is 1.50 bits per heavy atom. The van der Waals surface area contributed by atoms with Crippen molar-refractivity contribution >= 4 is 5.84 Å². The summed E-state index contributed by atoms with van der Waals surface area (Å²) in [7, 11) is 0. The highest BCUT2D eigenvalue weighted by Crippen LogP contribution is 2.18. The summed E-state index contributed by atoms with van der Waals surface area (Å²) in [6.45, 7) is 1.74. The number of oxime groups is 1. The Balaban J connectivity index is 2.43. The fourth-order valence-electron chi connectivity index (χ4n) is 1.28. The maximum Gasteiger partial charge on any atom is 0.257 e. The molecule has 3 N–H and O–H groups in total. The van der Waals surface area contributed by atoms with Crippen LogP contribution in [0.15, 0.2) is 33.9 Å². The third-order valence-corrected chi connectivity index (χ3v) is 2.04. The summed E-state index contributed by atoms with van der Waals surface area (Å²) in [6, 6.07) is 7.01. The molecule has 1 aromatic heterocycles. The second-order valence-corrected chi connectivity index (χ2v) is 3.21. The van der Waals surface area contributed by atoms with Gasteiger partial charge in [-0.1, -0.05) is 22.4 Å². The smallest absolute Gasteiger partial charge is 0.257 e. The summed E-state index contributed by atoms with van der Waals surface area (Å²) in [6.07, 6.45) is 0. The van der Waals surface area contributed by atoms with Gasteiger partial charge in [-0.25, -0.2) is 0 Å². The van der Waals surface area contributed by atoms with Crippen LogP contribution in [0.1, 0.15) is 11.4 Å². The van der Waals surface area contributed by atoms with Crippen LogP contribution in [0.5, 0.6) is 0 Å². The van der Waals surface area contributed by atoms with Crippen LogP contribution in [0.2, 0.25) is 0 Å². The van der Waals surface area contributed by atoms with E-state index >= 15 is 0 Å². The van der Waals surface area contributed by atoms with Crippen LogP contribution in [-0.2, 0) is 0 Å². The molecule has 0 fully saturated rings. The number of aromatic nitrogens is 2. The van der Waals surface area contributed by atoms with Crippen LogP contribution in [-0.4, -0.2) is 21.2 Å². The van der Waals surface area contributed by atoms with Crippen molar-refractivity contribution in [1.29, 1.82) is 0 Å². The molecular weight excluding hydrogens is 208 g/mol. The van der Waals surface area contributed by atoms with E-state index in [0.717, 1.165) is 5.56 Å². The molecule has 0 saturated carbocycles. The maximum atomic E-state index is 8.57. The van der Waals surface area contributed by atoms with Crippen molar-refractivity contribution in [1.82, 2.24) is 10.1 Å². The first kappa shape index (κ1) is 10.2. The molecule has 16 heavy (non-hydrogen) atoms. The fraction of sp³-hybridized carbons (Fsp3) is 0.100. The molecule has 2 rings (SSSR count). The first-order chi connectivity index (χ1) is 7.70. The lowest BCUT2D eigenvalue weighted by Gasteiger charge is -1.99. The zero-order chi connectivity index (χ0) is 11.5. The molecule has 0 amide bonds. The van der Waals surface area contributed by atoms with Crippen LogP contribution >= 0.6 is 0 Å². The van der Waals surface area contributed by atoms with E-state index in [1.807, 2.05) is 0 Å². The number of nitrogens with zero attached hydrogens (tertiary/aromatic N) is 3. The van der Waals surface area contributed by atoms with Gasteiger partial charge in [0.2, 0.25) is 0 Å². The lowest BCUT2D eigenvalue weighted by Crippen LogP contribution is -2.12. The number of benzene rings is 1. The van der Waals surface area contributed by atoms with E-state index in [9.17, 15) is 0 Å². The molecule has 0 bridgehead atoms. The van der Waals surface area contributed by atoms with Crippen molar-refractivity contribution in [2.45, 2.75) is 6.92 Å². The van der Waals surface area contributed by atoms with Crippen LogP contribution in [0.3, 0.4) is 0 Å². The van der Waals surface area contributed by atoms with Crippen molar-refractivity contribution in [2.24, 2.45) is 10.9 Å². The molecule has 82 valence electrons. The highest BCUT2D eigenvalue weighted by molar-refractivity contribution is 5.97. The summed E-state index contributed by atoms with van der Waals surface area (Å²) in [5, 5.41) is 15.2. The molecule has 0 aliphatic rings. The van der Waals surface area contributed by atoms with E-state index in [1.54, 1.807) is 31.2 Å². The Hall–Kier alpha value is -2.37. The topological polar surface area (TPSA) is 97.5 Å². The van der Waals surface area contributed by atoms with Gasteiger partial charge in [0, 0.05) is 11.1 Å². The molecule has 0 aliphatic carbocycles.